The van der Waals surface area contributed by atoms with Gasteiger partial charge in [-0.1, -0.05) is 25.0 Å². The Hall–Kier alpha value is -0.460. The van der Waals surface area contributed by atoms with Gasteiger partial charge in [0, 0.05) is 25.2 Å². The van der Waals surface area contributed by atoms with Gasteiger partial charge in [-0.15, -0.1) is 0 Å². The molecule has 0 aromatic heterocycles. The Morgan fingerprint density at radius 3 is 2.86 bits per heavy atom. The number of hydrogen-bond donors (Lipinski definition) is 3. The van der Waals surface area contributed by atoms with E-state index < -0.39 is 0 Å². The SMILES string of the molecule is CN1C/C=C/CCOC2CCCC(C2)C2CCNC(NC3CCCC(C3)C1)N2. The van der Waals surface area contributed by atoms with E-state index in [0.717, 1.165) is 38.0 Å². The molecule has 2 aliphatic carbocycles. The number of likely N-dealkylation sites (N-methyl/N-ethyl adjacent to an activating group) is 1. The van der Waals surface area contributed by atoms with E-state index in [1.54, 1.807) is 0 Å². The summed E-state index contributed by atoms with van der Waals surface area (Å²) in [5.41, 5.74) is 0. The number of rotatable bonds is 0. The third-order valence-corrected chi connectivity index (χ3v) is 7.40. The molecule has 5 nitrogen and oxygen atoms in total. The molecule has 28 heavy (non-hydrogen) atoms. The maximum absolute atomic E-state index is 6.26. The molecular formula is C23H42N4O. The van der Waals surface area contributed by atoms with Gasteiger partial charge in [0.2, 0.25) is 0 Å². The lowest BCUT2D eigenvalue weighted by Crippen LogP contribution is -2.64. The molecule has 0 aromatic carbocycles. The van der Waals surface area contributed by atoms with Crippen LogP contribution in [0.4, 0.5) is 0 Å². The second-order valence-electron chi connectivity index (χ2n) is 9.75. The van der Waals surface area contributed by atoms with E-state index in [9.17, 15) is 0 Å². The van der Waals surface area contributed by atoms with Crippen molar-refractivity contribution in [2.45, 2.75) is 88.7 Å². The quantitative estimate of drug-likeness (QED) is 0.555. The molecule has 2 heterocycles. The highest BCUT2D eigenvalue weighted by atomic mass is 16.5. The lowest BCUT2D eigenvalue weighted by Gasteiger charge is -2.42. The minimum absolute atomic E-state index is 0.281. The van der Waals surface area contributed by atoms with Crippen LogP contribution in [0.15, 0.2) is 12.2 Å². The van der Waals surface area contributed by atoms with Crippen molar-refractivity contribution in [3.8, 4) is 0 Å². The number of ether oxygens (including phenoxy) is 1. The summed E-state index contributed by atoms with van der Waals surface area (Å²) >= 11 is 0. The van der Waals surface area contributed by atoms with Crippen LogP contribution in [-0.4, -0.2) is 62.7 Å². The van der Waals surface area contributed by atoms with E-state index in [2.05, 4.69) is 40.0 Å². The molecular weight excluding hydrogens is 348 g/mol. The summed E-state index contributed by atoms with van der Waals surface area (Å²) in [4.78, 5) is 2.49. The van der Waals surface area contributed by atoms with Gasteiger partial charge >= 0.3 is 0 Å². The summed E-state index contributed by atoms with van der Waals surface area (Å²) in [7, 11) is 2.27. The second-order valence-corrected chi connectivity index (χ2v) is 9.75. The van der Waals surface area contributed by atoms with Crippen LogP contribution in [0.25, 0.3) is 0 Å². The minimum Gasteiger partial charge on any atom is -0.378 e. The first kappa shape index (κ1) is 20.8. The molecule has 0 amide bonds. The molecule has 4 aliphatic rings. The summed E-state index contributed by atoms with van der Waals surface area (Å²) in [5, 5.41) is 11.5. The summed E-state index contributed by atoms with van der Waals surface area (Å²) in [6.45, 7) is 4.29. The highest BCUT2D eigenvalue weighted by Gasteiger charge is 2.33. The van der Waals surface area contributed by atoms with Crippen LogP contribution < -0.4 is 16.0 Å². The zero-order valence-electron chi connectivity index (χ0n) is 17.9. The van der Waals surface area contributed by atoms with Gasteiger partial charge in [0.15, 0.2) is 0 Å². The number of hydrogen-bond acceptors (Lipinski definition) is 5. The van der Waals surface area contributed by atoms with Crippen molar-refractivity contribution in [2.24, 2.45) is 11.8 Å². The van der Waals surface area contributed by atoms with Crippen LogP contribution in [0.5, 0.6) is 0 Å². The topological polar surface area (TPSA) is 48.6 Å². The Labute approximate surface area is 172 Å². The van der Waals surface area contributed by atoms with Gasteiger partial charge in [0.1, 0.15) is 6.29 Å². The van der Waals surface area contributed by atoms with E-state index in [4.69, 9.17) is 4.74 Å². The summed E-state index contributed by atoms with van der Waals surface area (Å²) in [6.07, 6.45) is 18.3. The fourth-order valence-electron chi connectivity index (χ4n) is 5.95. The lowest BCUT2D eigenvalue weighted by atomic mass is 9.80. The second kappa shape index (κ2) is 10.5. The highest BCUT2D eigenvalue weighted by Crippen LogP contribution is 2.31. The molecule has 0 spiro atoms. The van der Waals surface area contributed by atoms with Gasteiger partial charge < -0.3 is 9.64 Å². The van der Waals surface area contributed by atoms with Crippen molar-refractivity contribution in [1.82, 2.24) is 20.9 Å². The lowest BCUT2D eigenvalue weighted by molar-refractivity contribution is 0.00461. The van der Waals surface area contributed by atoms with Crippen LogP contribution in [0, 0.1) is 11.8 Å². The molecule has 1 saturated heterocycles. The van der Waals surface area contributed by atoms with Crippen molar-refractivity contribution in [3.63, 3.8) is 0 Å². The third kappa shape index (κ3) is 6.02. The summed E-state index contributed by atoms with van der Waals surface area (Å²) < 4.78 is 6.26. The smallest absolute Gasteiger partial charge is 0.112 e. The minimum atomic E-state index is 0.281. The third-order valence-electron chi connectivity index (χ3n) is 7.40. The van der Waals surface area contributed by atoms with E-state index in [1.165, 1.54) is 64.3 Å². The first-order valence-corrected chi connectivity index (χ1v) is 12.0. The van der Waals surface area contributed by atoms with E-state index in [1.807, 2.05) is 0 Å². The standard InChI is InChI=1S/C23H42N4O/c1-27-13-3-2-4-14-28-21-10-6-8-19(16-21)22-11-12-24-23(26-22)25-20-9-5-7-18(15-20)17-27/h2-3,18-26H,4-17H2,1H3/b3-2+. The fraction of sp³-hybridized carbons (Fsp3) is 0.913. The molecule has 2 saturated carbocycles. The van der Waals surface area contributed by atoms with Crippen molar-refractivity contribution in [2.75, 3.05) is 33.3 Å². The maximum atomic E-state index is 6.26. The predicted molar refractivity (Wildman–Crippen MR) is 115 cm³/mol. The van der Waals surface area contributed by atoms with Gasteiger partial charge in [-0.25, -0.2) is 0 Å². The van der Waals surface area contributed by atoms with Gasteiger partial charge in [-0.3, -0.25) is 16.0 Å². The van der Waals surface area contributed by atoms with Gasteiger partial charge in [-0.2, -0.15) is 0 Å². The van der Waals surface area contributed by atoms with Crippen molar-refractivity contribution >= 4 is 0 Å². The van der Waals surface area contributed by atoms with Gasteiger partial charge in [-0.05, 0) is 76.8 Å². The molecule has 2 aliphatic heterocycles. The van der Waals surface area contributed by atoms with E-state index >= 15 is 0 Å². The summed E-state index contributed by atoms with van der Waals surface area (Å²) in [6, 6.07) is 1.28. The Morgan fingerprint density at radius 1 is 0.964 bits per heavy atom. The Morgan fingerprint density at radius 2 is 1.89 bits per heavy atom. The molecule has 5 heteroatoms. The molecule has 160 valence electrons. The van der Waals surface area contributed by atoms with Crippen molar-refractivity contribution < 1.29 is 4.74 Å². The van der Waals surface area contributed by atoms with Crippen LogP contribution in [0.2, 0.25) is 0 Å². The molecule has 6 atom stereocenters. The number of nitrogens with zero attached hydrogens (tertiary/aromatic N) is 1. The molecule has 6 bridgehead atoms. The molecule has 4 rings (SSSR count). The Bertz CT molecular complexity index is 499. The number of nitrogens with one attached hydrogen (secondary N) is 3. The van der Waals surface area contributed by atoms with Crippen LogP contribution >= 0.6 is 0 Å². The Balaban J connectivity index is 1.41. The average molecular weight is 391 g/mol. The average Bonchev–Trinajstić information content (AvgIpc) is 2.71. The van der Waals surface area contributed by atoms with Crippen LogP contribution in [0.1, 0.15) is 64.2 Å². The first-order valence-electron chi connectivity index (χ1n) is 12.0. The van der Waals surface area contributed by atoms with Gasteiger partial charge in [0.25, 0.3) is 0 Å². The predicted octanol–water partition coefficient (Wildman–Crippen LogP) is 2.84. The van der Waals surface area contributed by atoms with Crippen molar-refractivity contribution in [3.05, 3.63) is 12.2 Å². The highest BCUT2D eigenvalue weighted by molar-refractivity contribution is 4.91. The summed E-state index contributed by atoms with van der Waals surface area (Å²) in [5.74, 6) is 1.60. The zero-order chi connectivity index (χ0) is 19.2. The van der Waals surface area contributed by atoms with Crippen molar-refractivity contribution in [1.29, 1.82) is 0 Å². The first-order chi connectivity index (χ1) is 13.8. The fourth-order valence-corrected chi connectivity index (χ4v) is 5.95. The largest absolute Gasteiger partial charge is 0.378 e. The van der Waals surface area contributed by atoms with Crippen LogP contribution in [-0.2, 0) is 4.74 Å². The number of fused-ring (bicyclic) bond motifs is 7. The zero-order valence-corrected chi connectivity index (χ0v) is 17.9. The van der Waals surface area contributed by atoms with Gasteiger partial charge in [0.05, 0.1) is 12.7 Å². The molecule has 6 unspecified atom stereocenters. The normalized spacial score (nSPS) is 42.9. The maximum Gasteiger partial charge on any atom is 0.112 e. The van der Waals surface area contributed by atoms with E-state index in [-0.39, 0.29) is 6.29 Å². The molecule has 0 radical (unpaired) electrons. The van der Waals surface area contributed by atoms with E-state index in [0.29, 0.717) is 18.2 Å². The molecule has 3 N–H and O–H groups in total. The monoisotopic (exact) mass is 390 g/mol. The molecule has 0 aromatic rings. The molecule has 3 fully saturated rings. The Kier molecular flexibility index (Phi) is 7.82. The van der Waals surface area contributed by atoms with Crippen LogP contribution in [0.3, 0.4) is 0 Å².